The van der Waals surface area contributed by atoms with Crippen LogP contribution in [-0.4, -0.2) is 37.2 Å². The number of hydrogen-bond acceptors (Lipinski definition) is 4. The van der Waals surface area contributed by atoms with E-state index < -0.39 is 0 Å². The van der Waals surface area contributed by atoms with Gasteiger partial charge < -0.3 is 10.2 Å². The molecule has 0 spiro atoms. The van der Waals surface area contributed by atoms with Gasteiger partial charge >= 0.3 is 0 Å². The van der Waals surface area contributed by atoms with Crippen molar-refractivity contribution in [2.24, 2.45) is 5.92 Å². The maximum absolute atomic E-state index is 4.64. The Hall–Kier alpha value is -1.16. The zero-order valence-corrected chi connectivity index (χ0v) is 11.7. The topological polar surface area (TPSA) is 41.1 Å². The van der Waals surface area contributed by atoms with Crippen LogP contribution in [0.5, 0.6) is 0 Å². The van der Waals surface area contributed by atoms with Gasteiger partial charge in [0.25, 0.3) is 0 Å². The second-order valence-electron chi connectivity index (χ2n) is 5.35. The van der Waals surface area contributed by atoms with Gasteiger partial charge in [0.2, 0.25) is 5.95 Å². The van der Waals surface area contributed by atoms with Gasteiger partial charge in [-0.05, 0) is 50.3 Å². The van der Waals surface area contributed by atoms with E-state index in [2.05, 4.69) is 22.2 Å². The normalized spacial score (nSPS) is 18.5. The summed E-state index contributed by atoms with van der Waals surface area (Å²) in [4.78, 5) is 11.0. The molecule has 0 aromatic carbocycles. The van der Waals surface area contributed by atoms with E-state index in [1.54, 1.807) is 0 Å². The van der Waals surface area contributed by atoms with Crippen LogP contribution in [0, 0.1) is 5.92 Å². The van der Waals surface area contributed by atoms with E-state index in [4.69, 9.17) is 0 Å². The number of aryl methyl sites for hydroxylation is 1. The minimum Gasteiger partial charge on any atom is -0.347 e. The maximum atomic E-state index is 4.64. The van der Waals surface area contributed by atoms with Gasteiger partial charge in [-0.15, -0.1) is 0 Å². The second kappa shape index (κ2) is 6.14. The molecular weight excluding hydrogens is 224 g/mol. The quantitative estimate of drug-likeness (QED) is 0.804. The number of nitrogens with zero attached hydrogens (tertiary/aromatic N) is 3. The molecule has 1 aromatic rings. The Kier molecular flexibility index (Phi) is 4.53. The van der Waals surface area contributed by atoms with E-state index >= 15 is 0 Å². The predicted octanol–water partition coefficient (Wildman–Crippen LogP) is 1.65. The Morgan fingerprint density at radius 3 is 3.00 bits per heavy atom. The van der Waals surface area contributed by atoms with Gasteiger partial charge in [0.05, 0.1) is 0 Å². The van der Waals surface area contributed by atoms with Gasteiger partial charge in [0, 0.05) is 26.0 Å². The molecule has 4 heteroatoms. The first-order chi connectivity index (χ1) is 8.70. The molecule has 4 nitrogen and oxygen atoms in total. The molecule has 0 fully saturated rings. The standard InChI is InChI=1S/C14H24N4/c1-4-7-15-9-11-5-6-13-12(8-11)10-16-14(17-13)18(2)3/h10-11,15H,4-9H2,1-3H3. The number of hydrogen-bond donors (Lipinski definition) is 1. The molecular formula is C14H24N4. The van der Waals surface area contributed by atoms with Crippen molar-refractivity contribution in [1.29, 1.82) is 0 Å². The first kappa shape index (κ1) is 13.3. The summed E-state index contributed by atoms with van der Waals surface area (Å²) in [7, 11) is 3.98. The van der Waals surface area contributed by atoms with Crippen LogP contribution < -0.4 is 10.2 Å². The molecule has 0 radical (unpaired) electrons. The van der Waals surface area contributed by atoms with Crippen molar-refractivity contribution < 1.29 is 0 Å². The molecule has 1 heterocycles. The number of aromatic nitrogens is 2. The Labute approximate surface area is 110 Å². The summed E-state index contributed by atoms with van der Waals surface area (Å²) in [6.07, 6.45) is 6.69. The lowest BCUT2D eigenvalue weighted by Crippen LogP contribution is -2.28. The summed E-state index contributed by atoms with van der Waals surface area (Å²) in [6.45, 7) is 4.46. The van der Waals surface area contributed by atoms with Crippen LogP contribution in [0.1, 0.15) is 31.0 Å². The van der Waals surface area contributed by atoms with Crippen molar-refractivity contribution in [2.75, 3.05) is 32.1 Å². The van der Waals surface area contributed by atoms with E-state index in [1.807, 2.05) is 25.2 Å². The zero-order chi connectivity index (χ0) is 13.0. The molecule has 1 unspecified atom stereocenters. The average molecular weight is 248 g/mol. The fourth-order valence-electron chi connectivity index (χ4n) is 2.45. The predicted molar refractivity (Wildman–Crippen MR) is 75.0 cm³/mol. The van der Waals surface area contributed by atoms with E-state index in [9.17, 15) is 0 Å². The highest BCUT2D eigenvalue weighted by Crippen LogP contribution is 2.24. The fourth-order valence-corrected chi connectivity index (χ4v) is 2.45. The van der Waals surface area contributed by atoms with Crippen LogP contribution >= 0.6 is 0 Å². The monoisotopic (exact) mass is 248 g/mol. The van der Waals surface area contributed by atoms with Crippen LogP contribution in [0.15, 0.2) is 6.20 Å². The first-order valence-corrected chi connectivity index (χ1v) is 6.93. The molecule has 0 amide bonds. The molecule has 0 saturated heterocycles. The van der Waals surface area contributed by atoms with Crippen molar-refractivity contribution in [3.8, 4) is 0 Å². The van der Waals surface area contributed by atoms with Gasteiger partial charge in [-0.3, -0.25) is 0 Å². The highest BCUT2D eigenvalue weighted by Gasteiger charge is 2.20. The molecule has 1 aliphatic carbocycles. The number of rotatable bonds is 5. The highest BCUT2D eigenvalue weighted by atomic mass is 15.2. The van der Waals surface area contributed by atoms with E-state index in [0.29, 0.717) is 0 Å². The van der Waals surface area contributed by atoms with Gasteiger partial charge in [-0.25, -0.2) is 9.97 Å². The molecule has 18 heavy (non-hydrogen) atoms. The molecule has 1 N–H and O–H groups in total. The smallest absolute Gasteiger partial charge is 0.224 e. The summed E-state index contributed by atoms with van der Waals surface area (Å²) in [5.74, 6) is 1.58. The zero-order valence-electron chi connectivity index (χ0n) is 11.7. The molecule has 2 rings (SSSR count). The minimum atomic E-state index is 0.748. The van der Waals surface area contributed by atoms with Crippen molar-refractivity contribution in [3.63, 3.8) is 0 Å². The lowest BCUT2D eigenvalue weighted by molar-refractivity contribution is 0.420. The van der Waals surface area contributed by atoms with Crippen molar-refractivity contribution in [3.05, 3.63) is 17.5 Å². The molecule has 1 aliphatic rings. The number of anilines is 1. The number of nitrogens with one attached hydrogen (secondary N) is 1. The summed E-state index contributed by atoms with van der Waals surface area (Å²) < 4.78 is 0. The molecule has 0 saturated carbocycles. The van der Waals surface area contributed by atoms with Crippen molar-refractivity contribution in [1.82, 2.24) is 15.3 Å². The molecule has 0 aliphatic heterocycles. The highest BCUT2D eigenvalue weighted by molar-refractivity contribution is 5.32. The number of fused-ring (bicyclic) bond motifs is 1. The fraction of sp³-hybridized carbons (Fsp3) is 0.714. The van der Waals surface area contributed by atoms with Crippen LogP contribution in [0.4, 0.5) is 5.95 Å². The average Bonchev–Trinajstić information content (AvgIpc) is 2.38. The molecule has 100 valence electrons. The third-order valence-electron chi connectivity index (χ3n) is 3.50. The third-order valence-corrected chi connectivity index (χ3v) is 3.50. The lowest BCUT2D eigenvalue weighted by Gasteiger charge is -2.24. The van der Waals surface area contributed by atoms with E-state index in [-0.39, 0.29) is 0 Å². The summed E-state index contributed by atoms with van der Waals surface area (Å²) in [5, 5.41) is 3.52. The third kappa shape index (κ3) is 3.19. The van der Waals surface area contributed by atoms with E-state index in [0.717, 1.165) is 37.8 Å². The lowest BCUT2D eigenvalue weighted by atomic mass is 9.87. The summed E-state index contributed by atoms with van der Waals surface area (Å²) in [5.41, 5.74) is 2.59. The van der Waals surface area contributed by atoms with E-state index in [1.165, 1.54) is 24.1 Å². The van der Waals surface area contributed by atoms with Gasteiger partial charge in [0.15, 0.2) is 0 Å². The molecule has 1 atom stereocenters. The Morgan fingerprint density at radius 2 is 2.28 bits per heavy atom. The van der Waals surface area contributed by atoms with Crippen LogP contribution in [-0.2, 0) is 12.8 Å². The van der Waals surface area contributed by atoms with Crippen LogP contribution in [0.3, 0.4) is 0 Å². The van der Waals surface area contributed by atoms with Crippen molar-refractivity contribution in [2.45, 2.75) is 32.6 Å². The van der Waals surface area contributed by atoms with Gasteiger partial charge in [-0.1, -0.05) is 6.92 Å². The van der Waals surface area contributed by atoms with Crippen molar-refractivity contribution >= 4 is 5.95 Å². The second-order valence-corrected chi connectivity index (χ2v) is 5.35. The summed E-state index contributed by atoms with van der Waals surface area (Å²) in [6, 6.07) is 0. The van der Waals surface area contributed by atoms with Gasteiger partial charge in [-0.2, -0.15) is 0 Å². The maximum Gasteiger partial charge on any atom is 0.224 e. The van der Waals surface area contributed by atoms with Crippen LogP contribution in [0.2, 0.25) is 0 Å². The molecule has 1 aromatic heterocycles. The Morgan fingerprint density at radius 1 is 1.44 bits per heavy atom. The molecule has 0 bridgehead atoms. The Balaban J connectivity index is 1.97. The Bertz CT molecular complexity index is 389. The minimum absolute atomic E-state index is 0.748. The van der Waals surface area contributed by atoms with Gasteiger partial charge in [0.1, 0.15) is 0 Å². The first-order valence-electron chi connectivity index (χ1n) is 6.93. The summed E-state index contributed by atoms with van der Waals surface area (Å²) >= 11 is 0. The largest absolute Gasteiger partial charge is 0.347 e. The SMILES string of the molecule is CCCNCC1CCc2nc(N(C)C)ncc2C1. The van der Waals surface area contributed by atoms with Crippen LogP contribution in [0.25, 0.3) is 0 Å².